The number of hydrogen-bond donors (Lipinski definition) is 2. The van der Waals surface area contributed by atoms with Crippen molar-refractivity contribution in [2.75, 3.05) is 24.6 Å². The average Bonchev–Trinajstić information content (AvgIpc) is 2.29. The number of hydrogen-bond acceptors (Lipinski definition) is 4. The molecular weight excluding hydrogens is 256 g/mol. The van der Waals surface area contributed by atoms with Crippen molar-refractivity contribution in [2.45, 2.75) is 26.8 Å². The molecule has 0 bridgehead atoms. The van der Waals surface area contributed by atoms with E-state index in [-0.39, 0.29) is 23.3 Å². The average molecular weight is 276 g/mol. The van der Waals surface area contributed by atoms with Crippen LogP contribution in [0.25, 0.3) is 0 Å². The molecule has 0 aromatic rings. The monoisotopic (exact) mass is 276 g/mol. The van der Waals surface area contributed by atoms with E-state index < -0.39 is 12.0 Å². The minimum Gasteiger partial charge on any atom is -0.481 e. The van der Waals surface area contributed by atoms with Crippen molar-refractivity contribution >= 4 is 29.5 Å². The van der Waals surface area contributed by atoms with Crippen LogP contribution < -0.4 is 5.32 Å². The second-order valence-corrected chi connectivity index (χ2v) is 4.67. The summed E-state index contributed by atoms with van der Waals surface area (Å²) in [7, 11) is 0. The number of amides is 2. The fourth-order valence-corrected chi connectivity index (χ4v) is 1.93. The van der Waals surface area contributed by atoms with Crippen molar-refractivity contribution in [1.29, 1.82) is 0 Å². The van der Waals surface area contributed by atoms with Crippen molar-refractivity contribution in [3.63, 3.8) is 0 Å². The van der Waals surface area contributed by atoms with Crippen LogP contribution in [0.15, 0.2) is 0 Å². The largest absolute Gasteiger partial charge is 0.481 e. The van der Waals surface area contributed by atoms with E-state index in [1.807, 2.05) is 13.8 Å². The third-order valence-corrected chi connectivity index (χ3v) is 3.20. The Labute approximate surface area is 111 Å². The van der Waals surface area contributed by atoms with E-state index in [1.165, 1.54) is 0 Å². The number of aliphatic carboxylic acids is 1. The smallest absolute Gasteiger partial charge is 0.313 e. The second kappa shape index (κ2) is 8.79. The number of carboxylic acid groups (broad SMARTS) is 1. The molecule has 2 amide bonds. The molecule has 0 rings (SSSR count). The molecular formula is C11H20N2O4S. The van der Waals surface area contributed by atoms with Crippen LogP contribution in [0.2, 0.25) is 0 Å². The Morgan fingerprint density at radius 1 is 1.22 bits per heavy atom. The number of rotatable bonds is 8. The van der Waals surface area contributed by atoms with Crippen molar-refractivity contribution in [1.82, 2.24) is 10.2 Å². The van der Waals surface area contributed by atoms with Gasteiger partial charge in [0, 0.05) is 13.1 Å². The van der Waals surface area contributed by atoms with Gasteiger partial charge in [-0.05, 0) is 20.8 Å². The Hall–Kier alpha value is -1.24. The summed E-state index contributed by atoms with van der Waals surface area (Å²) in [6.45, 7) is 6.57. The summed E-state index contributed by atoms with van der Waals surface area (Å²) in [5, 5.41) is 11.0. The zero-order valence-electron chi connectivity index (χ0n) is 10.9. The maximum absolute atomic E-state index is 11.8. The summed E-state index contributed by atoms with van der Waals surface area (Å²) in [5.41, 5.74) is 0. The van der Waals surface area contributed by atoms with Gasteiger partial charge in [0.1, 0.15) is 6.04 Å². The molecule has 0 aromatic carbocycles. The molecule has 6 nitrogen and oxygen atoms in total. The molecule has 18 heavy (non-hydrogen) atoms. The Morgan fingerprint density at radius 2 is 1.78 bits per heavy atom. The lowest BCUT2D eigenvalue weighted by atomic mass is 10.3. The fourth-order valence-electron chi connectivity index (χ4n) is 1.39. The molecule has 0 aliphatic rings. The minimum atomic E-state index is -0.958. The maximum Gasteiger partial charge on any atom is 0.313 e. The second-order valence-electron chi connectivity index (χ2n) is 3.69. The highest BCUT2D eigenvalue weighted by Gasteiger charge is 2.19. The number of carboxylic acids is 1. The first-order valence-electron chi connectivity index (χ1n) is 5.80. The van der Waals surface area contributed by atoms with E-state index in [0.717, 1.165) is 11.8 Å². The molecule has 0 saturated carbocycles. The number of nitrogens with zero attached hydrogens (tertiary/aromatic N) is 1. The van der Waals surface area contributed by atoms with E-state index in [0.29, 0.717) is 13.1 Å². The van der Waals surface area contributed by atoms with Gasteiger partial charge in [-0.1, -0.05) is 0 Å². The molecule has 0 spiro atoms. The third-order valence-electron chi connectivity index (χ3n) is 2.28. The third kappa shape index (κ3) is 6.48. The van der Waals surface area contributed by atoms with Gasteiger partial charge < -0.3 is 15.3 Å². The quantitative estimate of drug-likeness (QED) is 0.660. The highest BCUT2D eigenvalue weighted by Crippen LogP contribution is 2.00. The number of likely N-dealkylation sites (N-methyl/N-ethyl adjacent to an activating group) is 1. The summed E-state index contributed by atoms with van der Waals surface area (Å²) in [6, 6.07) is -0.581. The first kappa shape index (κ1) is 16.8. The highest BCUT2D eigenvalue weighted by atomic mass is 32.2. The van der Waals surface area contributed by atoms with Gasteiger partial charge in [0.15, 0.2) is 0 Å². The highest BCUT2D eigenvalue weighted by molar-refractivity contribution is 8.00. The Morgan fingerprint density at radius 3 is 2.22 bits per heavy atom. The summed E-state index contributed by atoms with van der Waals surface area (Å²) in [6.07, 6.45) is 0. The maximum atomic E-state index is 11.8. The molecule has 1 atom stereocenters. The summed E-state index contributed by atoms with van der Waals surface area (Å²) in [4.78, 5) is 35.2. The van der Waals surface area contributed by atoms with Crippen LogP contribution in [0.5, 0.6) is 0 Å². The van der Waals surface area contributed by atoms with Crippen LogP contribution in [-0.4, -0.2) is 58.4 Å². The van der Waals surface area contributed by atoms with E-state index >= 15 is 0 Å². The van der Waals surface area contributed by atoms with E-state index in [2.05, 4.69) is 5.32 Å². The van der Waals surface area contributed by atoms with E-state index in [9.17, 15) is 14.4 Å². The van der Waals surface area contributed by atoms with Crippen LogP contribution in [0, 0.1) is 0 Å². The van der Waals surface area contributed by atoms with Gasteiger partial charge in [-0.2, -0.15) is 0 Å². The van der Waals surface area contributed by atoms with E-state index in [1.54, 1.807) is 11.8 Å². The van der Waals surface area contributed by atoms with Crippen molar-refractivity contribution in [3.05, 3.63) is 0 Å². The standard InChI is InChI=1S/C11H20N2O4S/c1-4-13(5-2)11(17)8(3)12-9(14)6-18-7-10(15)16/h8H,4-7H2,1-3H3,(H,12,14)(H,15,16). The molecule has 0 fully saturated rings. The Balaban J connectivity index is 4.06. The molecule has 0 aliphatic heterocycles. The molecule has 0 heterocycles. The molecule has 0 aliphatic carbocycles. The SMILES string of the molecule is CCN(CC)C(=O)C(C)NC(=O)CSCC(=O)O. The predicted octanol–water partition coefficient (Wildman–Crippen LogP) is 0.177. The van der Waals surface area contributed by atoms with Crippen molar-refractivity contribution in [3.8, 4) is 0 Å². The first-order chi connectivity index (χ1) is 8.42. The molecule has 0 saturated heterocycles. The van der Waals surface area contributed by atoms with Gasteiger partial charge in [-0.15, -0.1) is 11.8 Å². The fraction of sp³-hybridized carbons (Fsp3) is 0.727. The lowest BCUT2D eigenvalue weighted by Crippen LogP contribution is -2.47. The van der Waals surface area contributed by atoms with Crippen LogP contribution in [0.1, 0.15) is 20.8 Å². The topological polar surface area (TPSA) is 86.7 Å². The van der Waals surface area contributed by atoms with Gasteiger partial charge in [0.25, 0.3) is 0 Å². The molecule has 104 valence electrons. The van der Waals surface area contributed by atoms with Crippen LogP contribution in [-0.2, 0) is 14.4 Å². The summed E-state index contributed by atoms with van der Waals surface area (Å²) in [5.74, 6) is -1.49. The van der Waals surface area contributed by atoms with Gasteiger partial charge in [0.2, 0.25) is 11.8 Å². The predicted molar refractivity (Wildman–Crippen MR) is 70.5 cm³/mol. The van der Waals surface area contributed by atoms with Crippen LogP contribution in [0.3, 0.4) is 0 Å². The Kier molecular flexibility index (Phi) is 8.19. The minimum absolute atomic E-state index is 0.0438. The number of nitrogens with one attached hydrogen (secondary N) is 1. The molecule has 0 aromatic heterocycles. The number of carbonyl (C=O) groups is 3. The normalized spacial score (nSPS) is 11.7. The zero-order chi connectivity index (χ0) is 14.1. The van der Waals surface area contributed by atoms with Crippen LogP contribution >= 0.6 is 11.8 Å². The summed E-state index contributed by atoms with van der Waals surface area (Å²) < 4.78 is 0. The summed E-state index contributed by atoms with van der Waals surface area (Å²) >= 11 is 1.01. The lowest BCUT2D eigenvalue weighted by Gasteiger charge is -2.23. The molecule has 2 N–H and O–H groups in total. The van der Waals surface area contributed by atoms with Gasteiger partial charge >= 0.3 is 5.97 Å². The molecule has 1 unspecified atom stereocenters. The number of carbonyl (C=O) groups excluding carboxylic acids is 2. The zero-order valence-corrected chi connectivity index (χ0v) is 11.7. The van der Waals surface area contributed by atoms with Crippen molar-refractivity contribution in [2.24, 2.45) is 0 Å². The van der Waals surface area contributed by atoms with E-state index in [4.69, 9.17) is 5.11 Å². The number of thioether (sulfide) groups is 1. The van der Waals surface area contributed by atoms with Gasteiger partial charge in [-0.3, -0.25) is 14.4 Å². The molecule has 7 heteroatoms. The molecule has 0 radical (unpaired) electrons. The lowest BCUT2D eigenvalue weighted by molar-refractivity contribution is -0.135. The van der Waals surface area contributed by atoms with Gasteiger partial charge in [0.05, 0.1) is 11.5 Å². The van der Waals surface area contributed by atoms with Crippen molar-refractivity contribution < 1.29 is 19.5 Å². The first-order valence-corrected chi connectivity index (χ1v) is 6.95. The van der Waals surface area contributed by atoms with Crippen LogP contribution in [0.4, 0.5) is 0 Å². The Bertz CT molecular complexity index is 305. The van der Waals surface area contributed by atoms with Gasteiger partial charge in [-0.25, -0.2) is 0 Å².